The Balaban J connectivity index is 2.13. The van der Waals surface area contributed by atoms with Crippen molar-refractivity contribution in [1.29, 1.82) is 0 Å². The van der Waals surface area contributed by atoms with E-state index in [2.05, 4.69) is 0 Å². The molecule has 0 radical (unpaired) electrons. The summed E-state index contributed by atoms with van der Waals surface area (Å²) >= 11 is 5.80. The maximum Gasteiger partial charge on any atom is 0.0843 e. The first kappa shape index (κ1) is 10.9. The summed E-state index contributed by atoms with van der Waals surface area (Å²) in [4.78, 5) is 0. The third-order valence-corrected chi connectivity index (χ3v) is 3.30. The van der Waals surface area contributed by atoms with Crippen LogP contribution >= 0.6 is 11.6 Å². The number of hydrogen-bond acceptors (Lipinski definition) is 2. The molecule has 0 amide bonds. The minimum Gasteiger partial charge on any atom is -0.388 e. The third kappa shape index (κ3) is 2.33. The molecule has 1 aromatic rings. The van der Waals surface area contributed by atoms with Crippen molar-refractivity contribution in [2.24, 2.45) is 5.92 Å². The second kappa shape index (κ2) is 4.52. The molecule has 1 aliphatic rings. The van der Waals surface area contributed by atoms with Crippen molar-refractivity contribution in [3.05, 3.63) is 34.9 Å². The summed E-state index contributed by atoms with van der Waals surface area (Å²) in [6.45, 7) is 2.76. The molecule has 1 fully saturated rings. The molecule has 0 spiro atoms. The Bertz CT molecular complexity index is 323. The molecule has 3 heteroatoms. The van der Waals surface area contributed by atoms with Gasteiger partial charge in [0.2, 0.25) is 0 Å². The van der Waals surface area contributed by atoms with Gasteiger partial charge in [0.1, 0.15) is 0 Å². The van der Waals surface area contributed by atoms with Gasteiger partial charge >= 0.3 is 0 Å². The lowest BCUT2D eigenvalue weighted by Crippen LogP contribution is -2.19. The van der Waals surface area contributed by atoms with Crippen molar-refractivity contribution in [2.75, 3.05) is 6.61 Å². The molecule has 3 atom stereocenters. The molecule has 2 rings (SSSR count). The van der Waals surface area contributed by atoms with Gasteiger partial charge < -0.3 is 9.84 Å². The van der Waals surface area contributed by atoms with E-state index in [1.54, 1.807) is 12.1 Å². The van der Waals surface area contributed by atoms with Gasteiger partial charge in [-0.05, 0) is 31.0 Å². The summed E-state index contributed by atoms with van der Waals surface area (Å²) < 4.78 is 5.45. The first-order valence-electron chi connectivity index (χ1n) is 5.23. The van der Waals surface area contributed by atoms with Crippen molar-refractivity contribution in [3.8, 4) is 0 Å². The molecule has 2 nitrogen and oxygen atoms in total. The van der Waals surface area contributed by atoms with Crippen molar-refractivity contribution in [3.63, 3.8) is 0 Å². The number of benzene rings is 1. The van der Waals surface area contributed by atoms with Crippen LogP contribution in [0.25, 0.3) is 0 Å². The van der Waals surface area contributed by atoms with Gasteiger partial charge in [0.25, 0.3) is 0 Å². The summed E-state index contributed by atoms with van der Waals surface area (Å²) in [6.07, 6.45) is 0.612. The Hall–Kier alpha value is -0.570. The lowest BCUT2D eigenvalue weighted by Gasteiger charge is -2.21. The van der Waals surface area contributed by atoms with Gasteiger partial charge in [-0.2, -0.15) is 0 Å². The van der Waals surface area contributed by atoms with Crippen LogP contribution in [0.15, 0.2) is 24.3 Å². The van der Waals surface area contributed by atoms with E-state index in [0.29, 0.717) is 5.02 Å². The topological polar surface area (TPSA) is 29.5 Å². The first-order chi connectivity index (χ1) is 7.18. The van der Waals surface area contributed by atoms with Crippen LogP contribution in [-0.2, 0) is 4.74 Å². The molecule has 1 aromatic carbocycles. The zero-order valence-corrected chi connectivity index (χ0v) is 9.45. The van der Waals surface area contributed by atoms with Crippen LogP contribution in [0, 0.1) is 5.92 Å². The van der Waals surface area contributed by atoms with Crippen LogP contribution in [0.4, 0.5) is 0 Å². The molecular formula is C12H15ClO2. The van der Waals surface area contributed by atoms with Crippen LogP contribution in [-0.4, -0.2) is 17.8 Å². The Morgan fingerprint density at radius 2 is 2.07 bits per heavy atom. The highest BCUT2D eigenvalue weighted by Gasteiger charge is 2.31. The average molecular weight is 227 g/mol. The predicted molar refractivity (Wildman–Crippen MR) is 59.9 cm³/mol. The quantitative estimate of drug-likeness (QED) is 0.841. The van der Waals surface area contributed by atoms with Crippen molar-refractivity contribution >= 4 is 11.6 Å². The maximum absolute atomic E-state index is 10.2. The van der Waals surface area contributed by atoms with Crippen LogP contribution < -0.4 is 0 Å². The number of aliphatic hydroxyl groups is 1. The van der Waals surface area contributed by atoms with E-state index in [0.717, 1.165) is 18.6 Å². The summed E-state index contributed by atoms with van der Waals surface area (Å²) in [7, 11) is 0. The summed E-state index contributed by atoms with van der Waals surface area (Å²) in [5.41, 5.74) is 0.918. The highest BCUT2D eigenvalue weighted by Crippen LogP contribution is 2.33. The van der Waals surface area contributed by atoms with Crippen molar-refractivity contribution in [2.45, 2.75) is 25.6 Å². The monoisotopic (exact) mass is 226 g/mol. The van der Waals surface area contributed by atoms with E-state index in [1.807, 2.05) is 19.1 Å². The number of halogens is 1. The second-order valence-corrected chi connectivity index (χ2v) is 4.46. The third-order valence-electron chi connectivity index (χ3n) is 3.05. The zero-order chi connectivity index (χ0) is 10.8. The van der Waals surface area contributed by atoms with Gasteiger partial charge in [-0.3, -0.25) is 0 Å². The summed E-state index contributed by atoms with van der Waals surface area (Å²) in [5, 5.41) is 10.9. The van der Waals surface area contributed by atoms with E-state index < -0.39 is 6.10 Å². The van der Waals surface area contributed by atoms with E-state index in [1.165, 1.54) is 0 Å². The van der Waals surface area contributed by atoms with E-state index in [9.17, 15) is 5.11 Å². The fraction of sp³-hybridized carbons (Fsp3) is 0.500. The molecule has 0 aromatic heterocycles. The summed E-state index contributed by atoms with van der Waals surface area (Å²) in [5.74, 6) is 0.200. The molecule has 1 aliphatic heterocycles. The lowest BCUT2D eigenvalue weighted by atomic mass is 9.91. The van der Waals surface area contributed by atoms with Gasteiger partial charge in [-0.1, -0.05) is 23.7 Å². The predicted octanol–water partition coefficient (Wildman–Crippen LogP) is 2.80. The highest BCUT2D eigenvalue weighted by molar-refractivity contribution is 6.30. The maximum atomic E-state index is 10.2. The van der Waals surface area contributed by atoms with Gasteiger partial charge in [-0.25, -0.2) is 0 Å². The number of aliphatic hydroxyl groups excluding tert-OH is 1. The lowest BCUT2D eigenvalue weighted by molar-refractivity contribution is 0.0431. The fourth-order valence-corrected chi connectivity index (χ4v) is 2.20. The number of hydrogen-bond donors (Lipinski definition) is 1. The van der Waals surface area contributed by atoms with E-state index in [4.69, 9.17) is 16.3 Å². The standard InChI is InChI=1S/C12H15ClO2/c1-8-11(6-7-15-8)12(14)9-2-4-10(13)5-3-9/h2-5,8,11-12,14H,6-7H2,1H3. The molecular weight excluding hydrogens is 212 g/mol. The molecule has 0 aliphatic carbocycles. The van der Waals surface area contributed by atoms with Crippen LogP contribution in [0.5, 0.6) is 0 Å². The molecule has 3 unspecified atom stereocenters. The van der Waals surface area contributed by atoms with Gasteiger partial charge in [0, 0.05) is 17.5 Å². The molecule has 15 heavy (non-hydrogen) atoms. The van der Waals surface area contributed by atoms with Gasteiger partial charge in [0.05, 0.1) is 12.2 Å². The van der Waals surface area contributed by atoms with Crippen molar-refractivity contribution < 1.29 is 9.84 Å². The molecule has 1 N–H and O–H groups in total. The Labute approximate surface area is 94.8 Å². The minimum atomic E-state index is -0.445. The van der Waals surface area contributed by atoms with Crippen LogP contribution in [0.1, 0.15) is 25.0 Å². The van der Waals surface area contributed by atoms with Crippen LogP contribution in [0.2, 0.25) is 5.02 Å². The van der Waals surface area contributed by atoms with Crippen molar-refractivity contribution in [1.82, 2.24) is 0 Å². The molecule has 0 bridgehead atoms. The smallest absolute Gasteiger partial charge is 0.0843 e. The van der Waals surface area contributed by atoms with Gasteiger partial charge in [-0.15, -0.1) is 0 Å². The molecule has 0 saturated carbocycles. The summed E-state index contributed by atoms with van der Waals surface area (Å²) in [6, 6.07) is 7.36. The Morgan fingerprint density at radius 3 is 2.60 bits per heavy atom. The van der Waals surface area contributed by atoms with E-state index in [-0.39, 0.29) is 12.0 Å². The number of rotatable bonds is 2. The first-order valence-corrected chi connectivity index (χ1v) is 5.61. The second-order valence-electron chi connectivity index (χ2n) is 4.02. The number of ether oxygens (including phenoxy) is 1. The molecule has 1 saturated heterocycles. The largest absolute Gasteiger partial charge is 0.388 e. The highest BCUT2D eigenvalue weighted by atomic mass is 35.5. The zero-order valence-electron chi connectivity index (χ0n) is 8.69. The van der Waals surface area contributed by atoms with E-state index >= 15 is 0 Å². The molecule has 1 heterocycles. The normalized spacial score (nSPS) is 27.9. The Morgan fingerprint density at radius 1 is 1.40 bits per heavy atom. The Kier molecular flexibility index (Phi) is 3.29. The van der Waals surface area contributed by atoms with Gasteiger partial charge in [0.15, 0.2) is 0 Å². The fourth-order valence-electron chi connectivity index (χ4n) is 2.07. The van der Waals surface area contributed by atoms with Crippen LogP contribution in [0.3, 0.4) is 0 Å². The minimum absolute atomic E-state index is 0.135. The SMILES string of the molecule is CC1OCCC1C(O)c1ccc(Cl)cc1. The molecule has 82 valence electrons. The average Bonchev–Trinajstić information content (AvgIpc) is 2.65.